The summed E-state index contributed by atoms with van der Waals surface area (Å²) in [5, 5.41) is 24.4. The van der Waals surface area contributed by atoms with Gasteiger partial charge in [0, 0.05) is 46.1 Å². The summed E-state index contributed by atoms with van der Waals surface area (Å²) in [7, 11) is 1.79. The molecule has 0 bridgehead atoms. The molecule has 11 heteroatoms. The Morgan fingerprint density at radius 2 is 1.93 bits per heavy atom. The number of aromatic nitrogens is 6. The van der Waals surface area contributed by atoms with Crippen molar-refractivity contribution in [2.75, 3.05) is 26.4 Å². The third-order valence-electron chi connectivity index (χ3n) is 4.27. The van der Waals surface area contributed by atoms with Crippen LogP contribution < -0.4 is 10.6 Å². The second-order valence-electron chi connectivity index (χ2n) is 6.93. The first-order chi connectivity index (χ1) is 13.6. The molecule has 0 fully saturated rings. The molecule has 0 aliphatic carbocycles. The fourth-order valence-corrected chi connectivity index (χ4v) is 3.43. The van der Waals surface area contributed by atoms with E-state index in [1.165, 1.54) is 0 Å². The van der Waals surface area contributed by atoms with Gasteiger partial charge in [-0.05, 0) is 18.6 Å². The highest BCUT2D eigenvalue weighted by Crippen LogP contribution is 2.16. The van der Waals surface area contributed by atoms with Gasteiger partial charge >= 0.3 is 0 Å². The number of rotatable bonds is 11. The summed E-state index contributed by atoms with van der Waals surface area (Å²) in [5.41, 5.74) is 0. The van der Waals surface area contributed by atoms with Gasteiger partial charge in [0.05, 0.1) is 0 Å². The number of guanidine groups is 1. The van der Waals surface area contributed by atoms with Gasteiger partial charge in [-0.2, -0.15) is 0 Å². The van der Waals surface area contributed by atoms with E-state index in [0.717, 1.165) is 68.2 Å². The lowest BCUT2D eigenvalue weighted by atomic mass is 10.2. The number of nitrogens with zero attached hydrogens (tertiary/aromatic N) is 7. The number of hydrogen-bond acceptors (Lipinski definition) is 6. The van der Waals surface area contributed by atoms with Crippen molar-refractivity contribution >= 4 is 41.7 Å². The zero-order valence-corrected chi connectivity index (χ0v) is 21.2. The highest BCUT2D eigenvalue weighted by atomic mass is 127. The summed E-state index contributed by atoms with van der Waals surface area (Å²) in [6, 6.07) is 0. The van der Waals surface area contributed by atoms with E-state index in [1.54, 1.807) is 25.1 Å². The van der Waals surface area contributed by atoms with Crippen LogP contribution in [0, 0.1) is 5.92 Å². The molecular weight excluding hydrogens is 501 g/mol. The third-order valence-corrected chi connectivity index (χ3v) is 4.94. The third kappa shape index (κ3) is 8.11. The molecule has 0 spiro atoms. The Hall–Kier alpha value is -1.37. The van der Waals surface area contributed by atoms with Crippen LogP contribution >= 0.6 is 35.7 Å². The van der Waals surface area contributed by atoms with Crippen LogP contribution in [0.25, 0.3) is 0 Å². The number of hydrogen-bond donors (Lipinski definition) is 2. The van der Waals surface area contributed by atoms with Gasteiger partial charge in [0.1, 0.15) is 18.0 Å². The highest BCUT2D eigenvalue weighted by molar-refractivity contribution is 14.0. The maximum atomic E-state index is 4.38. The molecule has 164 valence electrons. The van der Waals surface area contributed by atoms with Crippen molar-refractivity contribution < 1.29 is 0 Å². The van der Waals surface area contributed by atoms with Crippen molar-refractivity contribution in [3.63, 3.8) is 0 Å². The van der Waals surface area contributed by atoms with Gasteiger partial charge in [-0.1, -0.05) is 32.5 Å². The lowest BCUT2D eigenvalue weighted by Crippen LogP contribution is -2.39. The molecule has 2 heterocycles. The Morgan fingerprint density at radius 1 is 1.17 bits per heavy atom. The van der Waals surface area contributed by atoms with Crippen LogP contribution in [0.3, 0.4) is 0 Å². The first-order valence-electron chi connectivity index (χ1n) is 9.86. The summed E-state index contributed by atoms with van der Waals surface area (Å²) >= 11 is 1.65. The van der Waals surface area contributed by atoms with Crippen molar-refractivity contribution in [2.24, 2.45) is 10.9 Å². The monoisotopic (exact) mass is 535 g/mol. The fourth-order valence-electron chi connectivity index (χ4n) is 2.91. The average Bonchev–Trinajstić information content (AvgIpc) is 3.29. The number of aryl methyl sites for hydroxylation is 2. The molecule has 2 aromatic rings. The molecule has 0 aromatic carbocycles. The molecule has 9 nitrogen and oxygen atoms in total. The van der Waals surface area contributed by atoms with Gasteiger partial charge in [-0.3, -0.25) is 4.99 Å². The van der Waals surface area contributed by atoms with E-state index in [2.05, 4.69) is 65.9 Å². The van der Waals surface area contributed by atoms with Gasteiger partial charge in [0.15, 0.2) is 11.1 Å². The average molecular weight is 536 g/mol. The van der Waals surface area contributed by atoms with Crippen molar-refractivity contribution in [2.45, 2.75) is 58.3 Å². The quantitative estimate of drug-likeness (QED) is 0.150. The topological polar surface area (TPSA) is 97.8 Å². The normalized spacial score (nSPS) is 11.6. The minimum Gasteiger partial charge on any atom is -0.356 e. The van der Waals surface area contributed by atoms with Gasteiger partial charge < -0.3 is 19.8 Å². The Balaban J connectivity index is 0.00000420. The summed E-state index contributed by atoms with van der Waals surface area (Å²) < 4.78 is 4.30. The van der Waals surface area contributed by atoms with Gasteiger partial charge in [0.2, 0.25) is 0 Å². The molecule has 0 atom stereocenters. The standard InChI is InChI=1S/C18H33N9S.HI/c1-6-15-23-22-13-26(15)11-10-21-17(19-4)20-9-7-8-16-24-25-18(28-5)27(16)12-14(2)3;/h13-14H,6-12H2,1-5H3,(H2,19,20,21);1H. The van der Waals surface area contributed by atoms with Crippen LogP contribution in [-0.4, -0.2) is 61.9 Å². The van der Waals surface area contributed by atoms with E-state index < -0.39 is 0 Å². The lowest BCUT2D eigenvalue weighted by Gasteiger charge is -2.13. The van der Waals surface area contributed by atoms with E-state index in [0.29, 0.717) is 5.92 Å². The smallest absolute Gasteiger partial charge is 0.191 e. The SMILES string of the molecule is CCc1nncn1CCNC(=NC)NCCCc1nnc(SC)n1CC(C)C.I. The Morgan fingerprint density at radius 3 is 2.59 bits per heavy atom. The number of nitrogens with one attached hydrogen (secondary N) is 2. The second-order valence-corrected chi connectivity index (χ2v) is 7.70. The molecule has 0 amide bonds. The van der Waals surface area contributed by atoms with Crippen molar-refractivity contribution in [3.8, 4) is 0 Å². The minimum absolute atomic E-state index is 0. The van der Waals surface area contributed by atoms with Crippen molar-refractivity contribution in [3.05, 3.63) is 18.0 Å². The Labute approximate surface area is 195 Å². The first kappa shape index (κ1) is 25.7. The van der Waals surface area contributed by atoms with Crippen LogP contribution in [0.1, 0.15) is 38.8 Å². The zero-order chi connectivity index (χ0) is 20.4. The molecule has 2 aromatic heterocycles. The van der Waals surface area contributed by atoms with Crippen LogP contribution in [0.15, 0.2) is 16.5 Å². The lowest BCUT2D eigenvalue weighted by molar-refractivity contribution is 0.477. The van der Waals surface area contributed by atoms with Gasteiger partial charge in [0.25, 0.3) is 0 Å². The van der Waals surface area contributed by atoms with Crippen LogP contribution in [0.5, 0.6) is 0 Å². The van der Waals surface area contributed by atoms with Crippen LogP contribution in [-0.2, 0) is 25.9 Å². The van der Waals surface area contributed by atoms with E-state index in [9.17, 15) is 0 Å². The molecule has 0 radical (unpaired) electrons. The zero-order valence-electron chi connectivity index (χ0n) is 18.1. The molecule has 2 N–H and O–H groups in total. The molecule has 2 rings (SSSR count). The Bertz CT molecular complexity index is 742. The minimum atomic E-state index is 0. The number of thioether (sulfide) groups is 1. The highest BCUT2D eigenvalue weighted by Gasteiger charge is 2.12. The van der Waals surface area contributed by atoms with Crippen LogP contribution in [0.2, 0.25) is 0 Å². The Kier molecular flexibility index (Phi) is 12.2. The predicted molar refractivity (Wildman–Crippen MR) is 129 cm³/mol. The summed E-state index contributed by atoms with van der Waals surface area (Å²) in [6.45, 7) is 9.88. The van der Waals surface area contributed by atoms with E-state index in [1.807, 2.05) is 6.26 Å². The molecule has 0 aliphatic heterocycles. The number of aliphatic imine (C=N–C) groups is 1. The van der Waals surface area contributed by atoms with Crippen LogP contribution in [0.4, 0.5) is 0 Å². The summed E-state index contributed by atoms with van der Waals surface area (Å²) in [4.78, 5) is 4.29. The maximum absolute atomic E-state index is 4.38. The summed E-state index contributed by atoms with van der Waals surface area (Å²) in [6.07, 6.45) is 6.56. The molecule has 29 heavy (non-hydrogen) atoms. The summed E-state index contributed by atoms with van der Waals surface area (Å²) in [5.74, 6) is 3.43. The fraction of sp³-hybridized carbons (Fsp3) is 0.722. The second kappa shape index (κ2) is 13.8. The molecular formula is C18H34IN9S. The van der Waals surface area contributed by atoms with E-state index in [4.69, 9.17) is 0 Å². The maximum Gasteiger partial charge on any atom is 0.191 e. The molecule has 0 saturated heterocycles. The molecule has 0 aliphatic rings. The predicted octanol–water partition coefficient (Wildman–Crippen LogP) is 2.23. The molecule has 0 saturated carbocycles. The van der Waals surface area contributed by atoms with Gasteiger partial charge in [-0.25, -0.2) is 0 Å². The largest absolute Gasteiger partial charge is 0.356 e. The number of halogens is 1. The first-order valence-corrected chi connectivity index (χ1v) is 11.1. The van der Waals surface area contributed by atoms with E-state index in [-0.39, 0.29) is 24.0 Å². The van der Waals surface area contributed by atoms with E-state index >= 15 is 0 Å². The van der Waals surface area contributed by atoms with Crippen molar-refractivity contribution in [1.82, 2.24) is 40.2 Å². The van der Waals surface area contributed by atoms with Gasteiger partial charge in [-0.15, -0.1) is 44.4 Å². The molecule has 0 unspecified atom stereocenters. The van der Waals surface area contributed by atoms with Crippen molar-refractivity contribution in [1.29, 1.82) is 0 Å².